The molecule has 0 aliphatic heterocycles. The molecule has 6 heteroatoms. The molecule has 140 valence electrons. The van der Waals surface area contributed by atoms with Crippen LogP contribution in [0.2, 0.25) is 0 Å². The summed E-state index contributed by atoms with van der Waals surface area (Å²) in [6, 6.07) is 14.1. The fourth-order valence-corrected chi connectivity index (χ4v) is 2.37. The minimum absolute atomic E-state index is 0.0457. The van der Waals surface area contributed by atoms with Gasteiger partial charge in [0.2, 0.25) is 5.91 Å². The van der Waals surface area contributed by atoms with Gasteiger partial charge in [-0.2, -0.15) is 0 Å². The molecule has 0 fully saturated rings. The number of carbonyl (C=O) groups excluding carboxylic acids is 1. The van der Waals surface area contributed by atoms with E-state index in [1.807, 2.05) is 44.2 Å². The minimum atomic E-state index is -0.0545. The van der Waals surface area contributed by atoms with E-state index in [2.05, 4.69) is 27.8 Å². The van der Waals surface area contributed by atoms with Crippen molar-refractivity contribution in [1.82, 2.24) is 15.5 Å². The number of guanidine groups is 1. The number of hydrogen-bond acceptors (Lipinski definition) is 3. The Morgan fingerprint density at radius 3 is 2.54 bits per heavy atom. The second-order valence-corrected chi connectivity index (χ2v) is 6.43. The van der Waals surface area contributed by atoms with Gasteiger partial charge in [0.25, 0.3) is 0 Å². The van der Waals surface area contributed by atoms with Crippen molar-refractivity contribution in [2.45, 2.75) is 26.3 Å². The van der Waals surface area contributed by atoms with Crippen molar-refractivity contribution in [3.63, 3.8) is 0 Å². The molecule has 0 spiro atoms. The molecule has 1 heterocycles. The summed E-state index contributed by atoms with van der Waals surface area (Å²) in [6.45, 7) is 4.73. The van der Waals surface area contributed by atoms with Gasteiger partial charge in [0, 0.05) is 20.6 Å². The highest BCUT2D eigenvalue weighted by molar-refractivity contribution is 5.85. The number of aryl methyl sites for hydroxylation is 1. The summed E-state index contributed by atoms with van der Waals surface area (Å²) in [6.07, 6.45) is 0.872. The Morgan fingerprint density at radius 2 is 1.92 bits per heavy atom. The molecule has 6 nitrogen and oxygen atoms in total. The maximum absolute atomic E-state index is 11.8. The topological polar surface area (TPSA) is 69.9 Å². The predicted molar refractivity (Wildman–Crippen MR) is 104 cm³/mol. The van der Waals surface area contributed by atoms with Gasteiger partial charge in [-0.3, -0.25) is 4.79 Å². The average Bonchev–Trinajstić information content (AvgIpc) is 3.06. The molecule has 1 amide bonds. The SMILES string of the molecule is Cc1ccc(C(C)NC(=NCC(=O)N(C)C)NCCc2ccccc2)o1. The van der Waals surface area contributed by atoms with Crippen LogP contribution in [0.25, 0.3) is 0 Å². The number of nitrogens with zero attached hydrogens (tertiary/aromatic N) is 2. The Morgan fingerprint density at radius 1 is 1.19 bits per heavy atom. The van der Waals surface area contributed by atoms with E-state index in [0.717, 1.165) is 24.5 Å². The predicted octanol–water partition coefficient (Wildman–Crippen LogP) is 2.52. The Labute approximate surface area is 155 Å². The molecule has 1 aromatic carbocycles. The van der Waals surface area contributed by atoms with Gasteiger partial charge in [0.15, 0.2) is 5.96 Å². The number of carbonyl (C=O) groups is 1. The van der Waals surface area contributed by atoms with Gasteiger partial charge < -0.3 is 20.0 Å². The van der Waals surface area contributed by atoms with Crippen molar-refractivity contribution < 1.29 is 9.21 Å². The molecule has 26 heavy (non-hydrogen) atoms. The van der Waals surface area contributed by atoms with Crippen LogP contribution in [-0.4, -0.2) is 44.0 Å². The summed E-state index contributed by atoms with van der Waals surface area (Å²) < 4.78 is 5.66. The fourth-order valence-electron chi connectivity index (χ4n) is 2.37. The lowest BCUT2D eigenvalue weighted by Gasteiger charge is -2.17. The van der Waals surface area contributed by atoms with Crippen LogP contribution in [-0.2, 0) is 11.2 Å². The lowest BCUT2D eigenvalue weighted by molar-refractivity contribution is -0.127. The smallest absolute Gasteiger partial charge is 0.243 e. The largest absolute Gasteiger partial charge is 0.464 e. The van der Waals surface area contributed by atoms with Crippen molar-refractivity contribution in [3.05, 3.63) is 59.5 Å². The number of amides is 1. The molecule has 0 aliphatic rings. The third-order valence-electron chi connectivity index (χ3n) is 3.96. The van der Waals surface area contributed by atoms with Crippen molar-refractivity contribution in [2.24, 2.45) is 4.99 Å². The molecule has 0 aliphatic carbocycles. The van der Waals surface area contributed by atoms with Gasteiger partial charge in [0.1, 0.15) is 18.1 Å². The number of likely N-dealkylation sites (N-methyl/N-ethyl adjacent to an activating group) is 1. The molecular formula is C20H28N4O2. The third-order valence-corrected chi connectivity index (χ3v) is 3.96. The molecule has 2 aromatic rings. The van der Waals surface area contributed by atoms with Gasteiger partial charge in [-0.25, -0.2) is 4.99 Å². The quantitative estimate of drug-likeness (QED) is 0.591. The van der Waals surface area contributed by atoms with Crippen molar-refractivity contribution in [1.29, 1.82) is 0 Å². The molecule has 1 atom stereocenters. The van der Waals surface area contributed by atoms with E-state index < -0.39 is 0 Å². The second-order valence-electron chi connectivity index (χ2n) is 6.43. The van der Waals surface area contributed by atoms with Gasteiger partial charge in [-0.15, -0.1) is 0 Å². The highest BCUT2D eigenvalue weighted by atomic mass is 16.3. The molecule has 0 radical (unpaired) electrons. The lowest BCUT2D eigenvalue weighted by Crippen LogP contribution is -2.40. The maximum atomic E-state index is 11.8. The van der Waals surface area contributed by atoms with Crippen molar-refractivity contribution in [2.75, 3.05) is 27.2 Å². The number of nitrogens with one attached hydrogen (secondary N) is 2. The average molecular weight is 356 g/mol. The zero-order valence-corrected chi connectivity index (χ0v) is 16.0. The van der Waals surface area contributed by atoms with Crippen LogP contribution < -0.4 is 10.6 Å². The number of hydrogen-bond donors (Lipinski definition) is 2. The molecule has 0 bridgehead atoms. The van der Waals surface area contributed by atoms with Crippen LogP contribution >= 0.6 is 0 Å². The molecule has 1 unspecified atom stereocenters. The Kier molecular flexibility index (Phi) is 7.26. The van der Waals surface area contributed by atoms with Crippen molar-refractivity contribution >= 4 is 11.9 Å². The van der Waals surface area contributed by atoms with E-state index in [-0.39, 0.29) is 18.5 Å². The van der Waals surface area contributed by atoms with Crippen LogP contribution in [0.1, 0.15) is 30.0 Å². The highest BCUT2D eigenvalue weighted by Crippen LogP contribution is 2.15. The van der Waals surface area contributed by atoms with E-state index in [0.29, 0.717) is 5.96 Å². The van der Waals surface area contributed by atoms with Gasteiger partial charge in [0.05, 0.1) is 6.04 Å². The minimum Gasteiger partial charge on any atom is -0.464 e. The van der Waals surface area contributed by atoms with Gasteiger partial charge in [-0.05, 0) is 38.0 Å². The second kappa shape index (κ2) is 9.65. The highest BCUT2D eigenvalue weighted by Gasteiger charge is 2.12. The zero-order valence-electron chi connectivity index (χ0n) is 16.0. The zero-order chi connectivity index (χ0) is 18.9. The van der Waals surface area contributed by atoms with E-state index in [9.17, 15) is 4.79 Å². The lowest BCUT2D eigenvalue weighted by atomic mass is 10.1. The summed E-state index contributed by atoms with van der Waals surface area (Å²) in [5, 5.41) is 6.60. The van der Waals surface area contributed by atoms with Crippen LogP contribution in [0.4, 0.5) is 0 Å². The van der Waals surface area contributed by atoms with Gasteiger partial charge >= 0.3 is 0 Å². The first-order valence-corrected chi connectivity index (χ1v) is 8.81. The molecule has 2 rings (SSSR count). The Balaban J connectivity index is 1.98. The monoisotopic (exact) mass is 356 g/mol. The summed E-state index contributed by atoms with van der Waals surface area (Å²) in [4.78, 5) is 17.8. The fraction of sp³-hybridized carbons (Fsp3) is 0.400. The van der Waals surface area contributed by atoms with Crippen LogP contribution in [0.3, 0.4) is 0 Å². The first kappa shape index (κ1) is 19.6. The van der Waals surface area contributed by atoms with Crippen molar-refractivity contribution in [3.8, 4) is 0 Å². The molecular weight excluding hydrogens is 328 g/mol. The first-order valence-electron chi connectivity index (χ1n) is 8.81. The number of benzene rings is 1. The molecule has 0 saturated heterocycles. The first-order chi connectivity index (χ1) is 12.5. The van der Waals surface area contributed by atoms with E-state index in [1.165, 1.54) is 10.5 Å². The Hall–Kier alpha value is -2.76. The summed E-state index contributed by atoms with van der Waals surface area (Å²) in [5.41, 5.74) is 1.25. The third kappa shape index (κ3) is 6.27. The number of rotatable bonds is 7. The Bertz CT molecular complexity index is 722. The van der Waals surface area contributed by atoms with E-state index >= 15 is 0 Å². The van der Waals surface area contributed by atoms with Crippen LogP contribution in [0, 0.1) is 6.92 Å². The molecule has 2 N–H and O–H groups in total. The number of furan rings is 1. The van der Waals surface area contributed by atoms with E-state index in [4.69, 9.17) is 4.42 Å². The normalized spacial score (nSPS) is 12.5. The maximum Gasteiger partial charge on any atom is 0.243 e. The van der Waals surface area contributed by atoms with Crippen LogP contribution in [0.15, 0.2) is 51.9 Å². The molecule has 1 aromatic heterocycles. The number of aliphatic imine (C=N–C) groups is 1. The molecule has 0 saturated carbocycles. The summed E-state index contributed by atoms with van der Waals surface area (Å²) >= 11 is 0. The van der Waals surface area contributed by atoms with E-state index in [1.54, 1.807) is 14.1 Å². The van der Waals surface area contributed by atoms with Gasteiger partial charge in [-0.1, -0.05) is 30.3 Å². The standard InChI is InChI=1S/C20H28N4O2/c1-15-10-11-18(26-15)16(2)23-20(22-14-19(25)24(3)4)21-13-12-17-8-6-5-7-9-17/h5-11,16H,12-14H2,1-4H3,(H2,21,22,23). The van der Waals surface area contributed by atoms with Crippen LogP contribution in [0.5, 0.6) is 0 Å². The summed E-state index contributed by atoms with van der Waals surface area (Å²) in [7, 11) is 3.45. The summed E-state index contributed by atoms with van der Waals surface area (Å²) in [5.74, 6) is 2.25.